The minimum Gasteiger partial charge on any atom is -0.375 e. The summed E-state index contributed by atoms with van der Waals surface area (Å²) in [5, 5.41) is 0.136. The number of imidazole rings is 1. The van der Waals surface area contributed by atoms with Gasteiger partial charge in [0.05, 0.1) is 18.8 Å². The molecule has 0 radical (unpaired) electrons. The van der Waals surface area contributed by atoms with E-state index in [0.717, 1.165) is 13.0 Å². The summed E-state index contributed by atoms with van der Waals surface area (Å²) in [5.41, 5.74) is 0. The van der Waals surface area contributed by atoms with Crippen molar-refractivity contribution in [2.45, 2.75) is 30.5 Å². The highest BCUT2D eigenvalue weighted by Crippen LogP contribution is 2.27. The first-order valence-corrected chi connectivity index (χ1v) is 8.65. The molecule has 118 valence electrons. The Balaban J connectivity index is 1.93. The van der Waals surface area contributed by atoms with Crippen molar-refractivity contribution >= 4 is 10.0 Å². The molecule has 0 aromatic carbocycles. The Morgan fingerprint density at radius 1 is 1.33 bits per heavy atom. The van der Waals surface area contributed by atoms with Gasteiger partial charge in [0.15, 0.2) is 5.03 Å². The molecule has 2 atom stereocenters. The number of aromatic nitrogens is 2. The summed E-state index contributed by atoms with van der Waals surface area (Å²) in [4.78, 5) is 6.35. The molecular weight excluding hydrogens is 292 g/mol. The fraction of sp³-hybridized carbons (Fsp3) is 0.769. The van der Waals surface area contributed by atoms with Gasteiger partial charge in [-0.3, -0.25) is 0 Å². The summed E-state index contributed by atoms with van der Waals surface area (Å²) in [5.74, 6) is 0.694. The minimum absolute atomic E-state index is 0.00506. The van der Waals surface area contributed by atoms with E-state index in [1.807, 2.05) is 7.05 Å². The monoisotopic (exact) mass is 314 g/mol. The summed E-state index contributed by atoms with van der Waals surface area (Å²) < 4.78 is 34.9. The number of fused-ring (bicyclic) bond motifs is 1. The van der Waals surface area contributed by atoms with E-state index < -0.39 is 10.0 Å². The summed E-state index contributed by atoms with van der Waals surface area (Å²) in [6, 6.07) is -0.121. The Morgan fingerprint density at radius 3 is 2.76 bits per heavy atom. The molecule has 0 N–H and O–H groups in total. The highest BCUT2D eigenvalue weighted by molar-refractivity contribution is 7.89. The summed E-state index contributed by atoms with van der Waals surface area (Å²) in [6.07, 6.45) is 2.45. The number of piperidine rings is 1. The van der Waals surface area contributed by atoms with Crippen LogP contribution in [-0.2, 0) is 21.8 Å². The first kappa shape index (κ1) is 15.0. The Bertz CT molecular complexity index is 608. The van der Waals surface area contributed by atoms with Crippen molar-refractivity contribution in [1.82, 2.24) is 18.8 Å². The largest absolute Gasteiger partial charge is 0.375 e. The zero-order valence-electron chi connectivity index (χ0n) is 12.7. The van der Waals surface area contributed by atoms with E-state index in [2.05, 4.69) is 9.88 Å². The molecule has 2 saturated heterocycles. The third-order valence-electron chi connectivity index (χ3n) is 4.40. The second-order valence-corrected chi connectivity index (χ2v) is 7.72. The number of hydrogen-bond acceptors (Lipinski definition) is 5. The van der Waals surface area contributed by atoms with E-state index in [1.165, 1.54) is 0 Å². The van der Waals surface area contributed by atoms with Gasteiger partial charge in [-0.2, -0.15) is 4.31 Å². The quantitative estimate of drug-likeness (QED) is 0.758. The maximum Gasteiger partial charge on any atom is 0.262 e. The van der Waals surface area contributed by atoms with Crippen molar-refractivity contribution in [3.8, 4) is 0 Å². The molecule has 3 rings (SSSR count). The normalized spacial score (nSPS) is 28.5. The zero-order valence-corrected chi connectivity index (χ0v) is 13.5. The molecule has 7 nitrogen and oxygen atoms in total. The lowest BCUT2D eigenvalue weighted by atomic mass is 10.0. The highest BCUT2D eigenvalue weighted by Gasteiger charge is 2.43. The van der Waals surface area contributed by atoms with Crippen LogP contribution in [-0.4, -0.2) is 72.6 Å². The first-order valence-electron chi connectivity index (χ1n) is 7.21. The standard InChI is InChI=1S/C13H22N4O3S/c1-10-14-13(9-16(10)3)21(18,19)17-6-7-20-12-4-5-15(2)8-11(12)17/h9,11-12H,4-8H2,1-3H3/t11-,12+/m0/s1. The number of aryl methyl sites for hydroxylation is 2. The first-order chi connectivity index (χ1) is 9.89. The lowest BCUT2D eigenvalue weighted by Crippen LogP contribution is -2.60. The van der Waals surface area contributed by atoms with Crippen LogP contribution in [0.5, 0.6) is 0 Å². The Kier molecular flexibility index (Phi) is 3.81. The maximum atomic E-state index is 12.9. The molecule has 0 aliphatic carbocycles. The Morgan fingerprint density at radius 2 is 2.10 bits per heavy atom. The van der Waals surface area contributed by atoms with E-state index in [9.17, 15) is 8.42 Å². The number of hydrogen-bond donors (Lipinski definition) is 0. The molecule has 0 bridgehead atoms. The van der Waals surface area contributed by atoms with E-state index in [-0.39, 0.29) is 17.2 Å². The third kappa shape index (κ3) is 2.61. The van der Waals surface area contributed by atoms with Gasteiger partial charge in [-0.15, -0.1) is 0 Å². The van der Waals surface area contributed by atoms with E-state index >= 15 is 0 Å². The summed E-state index contributed by atoms with van der Waals surface area (Å²) in [6.45, 7) is 4.30. The molecule has 21 heavy (non-hydrogen) atoms. The van der Waals surface area contributed by atoms with Gasteiger partial charge in [-0.1, -0.05) is 0 Å². The van der Waals surface area contributed by atoms with Crippen LogP contribution in [0.4, 0.5) is 0 Å². The van der Waals surface area contributed by atoms with Crippen molar-refractivity contribution in [1.29, 1.82) is 0 Å². The van der Waals surface area contributed by atoms with Crippen molar-refractivity contribution in [3.63, 3.8) is 0 Å². The van der Waals surface area contributed by atoms with Gasteiger partial charge in [0, 0.05) is 32.9 Å². The SMILES string of the molecule is Cc1nc(S(=O)(=O)N2CCO[C@@H]3CCN(C)C[C@@H]32)cn1C. The Hall–Kier alpha value is -0.960. The molecule has 8 heteroatoms. The Labute approximate surface area is 125 Å². The van der Waals surface area contributed by atoms with Crippen molar-refractivity contribution in [3.05, 3.63) is 12.0 Å². The number of morpholine rings is 1. The van der Waals surface area contributed by atoms with Crippen molar-refractivity contribution < 1.29 is 13.2 Å². The lowest BCUT2D eigenvalue weighted by molar-refractivity contribution is -0.0720. The fourth-order valence-corrected chi connectivity index (χ4v) is 4.72. The number of ether oxygens (including phenoxy) is 1. The lowest BCUT2D eigenvalue weighted by Gasteiger charge is -2.45. The third-order valence-corrected chi connectivity index (χ3v) is 6.19. The molecule has 2 aliphatic heterocycles. The van der Waals surface area contributed by atoms with Gasteiger partial charge in [-0.05, 0) is 20.4 Å². The number of rotatable bonds is 2. The van der Waals surface area contributed by atoms with Gasteiger partial charge in [0.1, 0.15) is 5.82 Å². The predicted molar refractivity (Wildman–Crippen MR) is 77.5 cm³/mol. The number of nitrogens with zero attached hydrogens (tertiary/aromatic N) is 4. The van der Waals surface area contributed by atoms with Gasteiger partial charge in [-0.25, -0.2) is 13.4 Å². The number of sulfonamides is 1. The van der Waals surface area contributed by atoms with Gasteiger partial charge < -0.3 is 14.2 Å². The van der Waals surface area contributed by atoms with E-state index in [1.54, 1.807) is 29.0 Å². The average molecular weight is 314 g/mol. The van der Waals surface area contributed by atoms with Crippen LogP contribution in [0, 0.1) is 6.92 Å². The predicted octanol–water partition coefficient (Wildman–Crippen LogP) is -0.178. The van der Waals surface area contributed by atoms with Crippen molar-refractivity contribution in [2.24, 2.45) is 7.05 Å². The molecule has 1 aromatic heterocycles. The molecular formula is C13H22N4O3S. The van der Waals surface area contributed by atoms with Crippen LogP contribution in [0.1, 0.15) is 12.2 Å². The molecule has 0 unspecified atom stereocenters. The van der Waals surface area contributed by atoms with Crippen LogP contribution < -0.4 is 0 Å². The zero-order chi connectivity index (χ0) is 15.2. The van der Waals surface area contributed by atoms with Crippen LogP contribution in [0.3, 0.4) is 0 Å². The number of likely N-dealkylation sites (N-methyl/N-ethyl adjacent to an activating group) is 1. The fourth-order valence-electron chi connectivity index (χ4n) is 3.07. The smallest absolute Gasteiger partial charge is 0.262 e. The molecule has 1 aromatic rings. The molecule has 0 amide bonds. The van der Waals surface area contributed by atoms with Gasteiger partial charge in [0.25, 0.3) is 10.0 Å². The van der Waals surface area contributed by atoms with Crippen LogP contribution in [0.2, 0.25) is 0 Å². The minimum atomic E-state index is -3.56. The second-order valence-electron chi connectivity index (χ2n) is 5.88. The summed E-state index contributed by atoms with van der Waals surface area (Å²) in [7, 11) is 0.255. The molecule has 0 spiro atoms. The van der Waals surface area contributed by atoms with Crippen molar-refractivity contribution in [2.75, 3.05) is 33.3 Å². The molecule has 3 heterocycles. The van der Waals surface area contributed by atoms with E-state index in [4.69, 9.17) is 4.74 Å². The van der Waals surface area contributed by atoms with Gasteiger partial charge >= 0.3 is 0 Å². The topological polar surface area (TPSA) is 67.7 Å². The van der Waals surface area contributed by atoms with Crippen LogP contribution in [0.25, 0.3) is 0 Å². The average Bonchev–Trinajstić information content (AvgIpc) is 2.78. The van der Waals surface area contributed by atoms with Crippen LogP contribution in [0.15, 0.2) is 11.2 Å². The maximum absolute atomic E-state index is 12.9. The number of likely N-dealkylation sites (tertiary alicyclic amines) is 1. The highest BCUT2D eigenvalue weighted by atomic mass is 32.2. The van der Waals surface area contributed by atoms with Crippen LogP contribution >= 0.6 is 0 Å². The second kappa shape index (κ2) is 5.35. The van der Waals surface area contributed by atoms with Gasteiger partial charge in [0.2, 0.25) is 0 Å². The summed E-state index contributed by atoms with van der Waals surface area (Å²) >= 11 is 0. The molecule has 2 fully saturated rings. The van der Waals surface area contributed by atoms with E-state index in [0.29, 0.717) is 25.5 Å². The molecule has 2 aliphatic rings. The molecule has 0 saturated carbocycles.